The van der Waals surface area contributed by atoms with Crippen LogP contribution in [0.25, 0.3) is 0 Å². The maximum absolute atomic E-state index is 5.65. The maximum Gasteiger partial charge on any atom is 0.118 e. The van der Waals surface area contributed by atoms with Gasteiger partial charge in [0.05, 0.1) is 6.54 Å². The fourth-order valence-corrected chi connectivity index (χ4v) is 2.94. The Kier molecular flexibility index (Phi) is 3.90. The molecule has 0 fully saturated rings. The van der Waals surface area contributed by atoms with E-state index in [1.165, 1.54) is 16.7 Å². The second-order valence-electron chi connectivity index (χ2n) is 5.67. The highest BCUT2D eigenvalue weighted by Gasteiger charge is 2.14. The van der Waals surface area contributed by atoms with Gasteiger partial charge in [-0.25, -0.2) is 0 Å². The van der Waals surface area contributed by atoms with E-state index in [1.54, 1.807) is 0 Å². The largest absolute Gasteiger partial charge is 0.465 e. The molecule has 0 amide bonds. The fourth-order valence-electron chi connectivity index (χ4n) is 2.94. The second kappa shape index (κ2) is 5.81. The molecule has 0 bridgehead atoms. The number of aryl methyl sites for hydroxylation is 1. The minimum Gasteiger partial charge on any atom is -0.465 e. The summed E-state index contributed by atoms with van der Waals surface area (Å²) in [5.74, 6) is 2.02. The van der Waals surface area contributed by atoms with Crippen LogP contribution in [0.2, 0.25) is 0 Å². The monoisotopic (exact) mass is 270 g/mol. The smallest absolute Gasteiger partial charge is 0.118 e. The van der Waals surface area contributed by atoms with Crippen molar-refractivity contribution in [3.63, 3.8) is 0 Å². The van der Waals surface area contributed by atoms with E-state index < -0.39 is 0 Å². The van der Waals surface area contributed by atoms with Gasteiger partial charge in [-0.3, -0.25) is 4.90 Å². The fraction of sp³-hybridized carbons (Fsp3) is 0.412. The molecular formula is C17H22N2O. The van der Waals surface area contributed by atoms with E-state index in [0.717, 1.165) is 44.1 Å². The molecule has 20 heavy (non-hydrogen) atoms. The van der Waals surface area contributed by atoms with E-state index in [-0.39, 0.29) is 0 Å². The zero-order valence-electron chi connectivity index (χ0n) is 12.3. The van der Waals surface area contributed by atoms with Gasteiger partial charge in [0.25, 0.3) is 0 Å². The van der Waals surface area contributed by atoms with Crippen molar-refractivity contribution in [2.24, 2.45) is 0 Å². The second-order valence-corrected chi connectivity index (χ2v) is 5.67. The summed E-state index contributed by atoms with van der Waals surface area (Å²) >= 11 is 0. The molecule has 0 unspecified atom stereocenters. The molecular weight excluding hydrogens is 248 g/mol. The normalized spacial score (nSPS) is 14.6. The number of benzene rings is 1. The molecule has 1 aromatic heterocycles. The summed E-state index contributed by atoms with van der Waals surface area (Å²) in [5, 5.41) is 3.44. The van der Waals surface area contributed by atoms with Crippen LogP contribution in [-0.4, -0.2) is 18.5 Å². The van der Waals surface area contributed by atoms with Gasteiger partial charge in [-0.05, 0) is 55.8 Å². The average molecular weight is 270 g/mol. The molecule has 1 aliphatic rings. The molecule has 2 aromatic rings. The molecule has 2 heterocycles. The van der Waals surface area contributed by atoms with Crippen LogP contribution >= 0.6 is 0 Å². The van der Waals surface area contributed by atoms with E-state index >= 15 is 0 Å². The maximum atomic E-state index is 5.65. The van der Waals surface area contributed by atoms with Gasteiger partial charge in [0.2, 0.25) is 0 Å². The van der Waals surface area contributed by atoms with Crippen LogP contribution in [-0.2, 0) is 26.1 Å². The van der Waals surface area contributed by atoms with Crippen molar-refractivity contribution in [3.8, 4) is 0 Å². The van der Waals surface area contributed by atoms with E-state index in [1.807, 2.05) is 13.0 Å². The van der Waals surface area contributed by atoms with Gasteiger partial charge in [-0.2, -0.15) is 0 Å². The van der Waals surface area contributed by atoms with Gasteiger partial charge < -0.3 is 9.73 Å². The van der Waals surface area contributed by atoms with Crippen LogP contribution in [0.1, 0.15) is 28.2 Å². The molecule has 0 saturated heterocycles. The van der Waals surface area contributed by atoms with Crippen LogP contribution in [0.15, 0.2) is 34.7 Å². The van der Waals surface area contributed by atoms with Crippen molar-refractivity contribution in [2.45, 2.75) is 33.0 Å². The number of rotatable bonds is 4. The lowest BCUT2D eigenvalue weighted by atomic mass is 9.95. The van der Waals surface area contributed by atoms with E-state index in [9.17, 15) is 0 Å². The third-order valence-corrected chi connectivity index (χ3v) is 3.90. The molecule has 1 aromatic carbocycles. The van der Waals surface area contributed by atoms with Crippen molar-refractivity contribution < 1.29 is 4.42 Å². The number of fused-ring (bicyclic) bond motifs is 1. The number of hydrogen-bond acceptors (Lipinski definition) is 3. The Morgan fingerprint density at radius 2 is 2.10 bits per heavy atom. The van der Waals surface area contributed by atoms with Crippen molar-refractivity contribution >= 4 is 0 Å². The minimum atomic E-state index is 0.857. The number of nitrogens with zero attached hydrogens (tertiary/aromatic N) is 1. The molecule has 0 radical (unpaired) electrons. The molecule has 1 aliphatic heterocycles. The van der Waals surface area contributed by atoms with Crippen LogP contribution in [0.5, 0.6) is 0 Å². The summed E-state index contributed by atoms with van der Waals surface area (Å²) in [5.41, 5.74) is 4.44. The van der Waals surface area contributed by atoms with Crippen LogP contribution < -0.4 is 5.32 Å². The Morgan fingerprint density at radius 1 is 1.20 bits per heavy atom. The quantitative estimate of drug-likeness (QED) is 0.926. The predicted molar refractivity (Wildman–Crippen MR) is 80.5 cm³/mol. The number of nitrogens with one attached hydrogen (secondary N) is 1. The van der Waals surface area contributed by atoms with Crippen molar-refractivity contribution in [3.05, 3.63) is 58.5 Å². The third kappa shape index (κ3) is 2.94. The lowest BCUT2D eigenvalue weighted by Crippen LogP contribution is -2.26. The summed E-state index contributed by atoms with van der Waals surface area (Å²) in [6.45, 7) is 5.91. The van der Waals surface area contributed by atoms with Crippen LogP contribution in [0.3, 0.4) is 0 Å². The van der Waals surface area contributed by atoms with Gasteiger partial charge in [-0.1, -0.05) is 18.2 Å². The molecule has 0 aliphatic carbocycles. The van der Waals surface area contributed by atoms with Crippen LogP contribution in [0, 0.1) is 6.92 Å². The van der Waals surface area contributed by atoms with Crippen molar-refractivity contribution in [1.29, 1.82) is 0 Å². The lowest BCUT2D eigenvalue weighted by Gasteiger charge is -2.23. The van der Waals surface area contributed by atoms with Gasteiger partial charge in [-0.15, -0.1) is 0 Å². The highest BCUT2D eigenvalue weighted by atomic mass is 16.3. The highest BCUT2D eigenvalue weighted by molar-refractivity contribution is 5.37. The van der Waals surface area contributed by atoms with E-state index in [0.29, 0.717) is 0 Å². The molecule has 3 heteroatoms. The molecule has 106 valence electrons. The Balaban J connectivity index is 1.71. The SMILES string of the molecule is Cc1ccc(CN(C)Cc2cccc3c2CCNC3)o1. The standard InChI is InChI=1S/C17H22N2O/c1-13-6-7-16(20-13)12-19(2)11-15-5-3-4-14-10-18-9-8-17(14)15/h3-7,18H,8-12H2,1-2H3. The lowest BCUT2D eigenvalue weighted by molar-refractivity contribution is 0.284. The topological polar surface area (TPSA) is 28.4 Å². The Bertz CT molecular complexity index is 588. The Morgan fingerprint density at radius 3 is 2.90 bits per heavy atom. The summed E-state index contributed by atoms with van der Waals surface area (Å²) in [6, 6.07) is 10.8. The van der Waals surface area contributed by atoms with E-state index in [4.69, 9.17) is 4.42 Å². The van der Waals surface area contributed by atoms with Crippen molar-refractivity contribution in [1.82, 2.24) is 10.2 Å². The summed E-state index contributed by atoms with van der Waals surface area (Å²) in [4.78, 5) is 2.32. The third-order valence-electron chi connectivity index (χ3n) is 3.90. The first-order valence-corrected chi connectivity index (χ1v) is 7.26. The van der Waals surface area contributed by atoms with Crippen molar-refractivity contribution in [2.75, 3.05) is 13.6 Å². The van der Waals surface area contributed by atoms with Crippen LogP contribution in [0.4, 0.5) is 0 Å². The summed E-state index contributed by atoms with van der Waals surface area (Å²) < 4.78 is 5.65. The first-order chi connectivity index (χ1) is 9.72. The summed E-state index contributed by atoms with van der Waals surface area (Å²) in [6.07, 6.45) is 1.14. The molecule has 3 rings (SSSR count). The zero-order chi connectivity index (χ0) is 13.9. The highest BCUT2D eigenvalue weighted by Crippen LogP contribution is 2.20. The van der Waals surface area contributed by atoms with Gasteiger partial charge in [0, 0.05) is 13.1 Å². The molecule has 0 spiro atoms. The van der Waals surface area contributed by atoms with Gasteiger partial charge in [0.15, 0.2) is 0 Å². The predicted octanol–water partition coefficient (Wildman–Crippen LogP) is 2.87. The molecule has 1 N–H and O–H groups in total. The Labute approximate surface area is 120 Å². The summed E-state index contributed by atoms with van der Waals surface area (Å²) in [7, 11) is 2.15. The van der Waals surface area contributed by atoms with Gasteiger partial charge >= 0.3 is 0 Å². The zero-order valence-corrected chi connectivity index (χ0v) is 12.3. The van der Waals surface area contributed by atoms with Gasteiger partial charge in [0.1, 0.15) is 11.5 Å². The molecule has 3 nitrogen and oxygen atoms in total. The Hall–Kier alpha value is -1.58. The number of furan rings is 1. The van der Waals surface area contributed by atoms with E-state index in [2.05, 4.69) is 41.5 Å². The molecule has 0 saturated carbocycles. The minimum absolute atomic E-state index is 0.857. The average Bonchev–Trinajstić information content (AvgIpc) is 2.84. The molecule has 0 atom stereocenters. The number of hydrogen-bond donors (Lipinski definition) is 1. The first kappa shape index (κ1) is 13.4. The first-order valence-electron chi connectivity index (χ1n) is 7.26.